The quantitative estimate of drug-likeness (QED) is 0.602. The number of rotatable bonds is 6. The minimum Gasteiger partial charge on any atom is -0.399 e. The molecule has 0 bridgehead atoms. The number of hydrogen-bond acceptors (Lipinski definition) is 5. The molecule has 0 aromatic heterocycles. The molecule has 0 aliphatic carbocycles. The van der Waals surface area contributed by atoms with Gasteiger partial charge in [-0.1, -0.05) is 6.07 Å². The second kappa shape index (κ2) is 6.65. The second-order valence-electron chi connectivity index (χ2n) is 3.86. The molecule has 1 aromatic carbocycles. The molecule has 3 N–H and O–H groups in total. The normalized spacial score (nSPS) is 11.2. The van der Waals surface area contributed by atoms with Crippen LogP contribution in [0.1, 0.15) is 0 Å². The van der Waals surface area contributed by atoms with Crippen molar-refractivity contribution in [1.29, 1.82) is 0 Å². The van der Waals surface area contributed by atoms with Gasteiger partial charge in [0, 0.05) is 23.4 Å². The third-order valence-electron chi connectivity index (χ3n) is 2.00. The molecule has 1 aromatic rings. The van der Waals surface area contributed by atoms with Crippen molar-refractivity contribution in [2.75, 3.05) is 34.6 Å². The summed E-state index contributed by atoms with van der Waals surface area (Å²) in [5.41, 5.74) is 6.80. The summed E-state index contributed by atoms with van der Waals surface area (Å²) in [6, 6.07) is 6.90. The highest BCUT2D eigenvalue weighted by atomic mass is 32.2. The van der Waals surface area contributed by atoms with E-state index in [4.69, 9.17) is 5.73 Å². The van der Waals surface area contributed by atoms with E-state index in [0.717, 1.165) is 0 Å². The topological polar surface area (TPSA) is 89.3 Å². The van der Waals surface area contributed by atoms with Crippen molar-refractivity contribution >= 4 is 38.9 Å². The molecule has 0 fully saturated rings. The molecule has 0 radical (unpaired) electrons. The Bertz CT molecular complexity index is 515. The summed E-state index contributed by atoms with van der Waals surface area (Å²) in [5, 5.41) is 2.69. The summed E-state index contributed by atoms with van der Waals surface area (Å²) in [6.07, 6.45) is 1.18. The monoisotopic (exact) mass is 288 g/mol. The number of carbonyl (C=O) groups is 1. The van der Waals surface area contributed by atoms with E-state index in [2.05, 4.69) is 5.32 Å². The number of nitrogens with one attached hydrogen (secondary N) is 1. The van der Waals surface area contributed by atoms with Crippen LogP contribution in [0.3, 0.4) is 0 Å². The maximum absolute atomic E-state index is 11.5. The molecule has 100 valence electrons. The maximum Gasteiger partial charge on any atom is 0.234 e. The molecule has 0 saturated heterocycles. The first-order valence-electron chi connectivity index (χ1n) is 5.28. The van der Waals surface area contributed by atoms with Gasteiger partial charge in [0.2, 0.25) is 5.91 Å². The fourth-order valence-corrected chi connectivity index (χ4v) is 3.27. The first-order chi connectivity index (χ1) is 8.37. The Morgan fingerprint density at radius 1 is 1.44 bits per heavy atom. The highest BCUT2D eigenvalue weighted by Gasteiger charge is 2.05. The SMILES string of the molecule is CS(=O)(=O)CCSCC(=O)Nc1cccc(N)c1. The highest BCUT2D eigenvalue weighted by molar-refractivity contribution is 8.01. The van der Waals surface area contributed by atoms with Crippen molar-refractivity contribution in [3.05, 3.63) is 24.3 Å². The molecule has 0 heterocycles. The first-order valence-corrected chi connectivity index (χ1v) is 8.49. The van der Waals surface area contributed by atoms with Crippen LogP contribution >= 0.6 is 11.8 Å². The van der Waals surface area contributed by atoms with Gasteiger partial charge in [-0.25, -0.2) is 8.42 Å². The second-order valence-corrected chi connectivity index (χ2v) is 7.22. The number of carbonyl (C=O) groups excluding carboxylic acids is 1. The Balaban J connectivity index is 2.30. The van der Waals surface area contributed by atoms with Gasteiger partial charge in [0.1, 0.15) is 9.84 Å². The summed E-state index contributed by atoms with van der Waals surface area (Å²) in [7, 11) is -2.96. The van der Waals surface area contributed by atoms with E-state index >= 15 is 0 Å². The summed E-state index contributed by atoms with van der Waals surface area (Å²) < 4.78 is 21.8. The zero-order chi connectivity index (χ0) is 13.6. The number of sulfone groups is 1. The minimum atomic E-state index is -2.96. The van der Waals surface area contributed by atoms with Gasteiger partial charge in [-0.3, -0.25) is 4.79 Å². The molecular formula is C11H16N2O3S2. The summed E-state index contributed by atoms with van der Waals surface area (Å²) in [5.74, 6) is 0.565. The van der Waals surface area contributed by atoms with E-state index in [9.17, 15) is 13.2 Å². The van der Waals surface area contributed by atoms with Crippen LogP contribution in [0.15, 0.2) is 24.3 Å². The third-order valence-corrected chi connectivity index (χ3v) is 4.17. The van der Waals surface area contributed by atoms with Crippen LogP contribution < -0.4 is 11.1 Å². The largest absolute Gasteiger partial charge is 0.399 e. The van der Waals surface area contributed by atoms with Gasteiger partial charge in [-0.15, -0.1) is 0 Å². The van der Waals surface area contributed by atoms with Crippen LogP contribution in [0.2, 0.25) is 0 Å². The molecule has 0 atom stereocenters. The minimum absolute atomic E-state index is 0.0865. The van der Waals surface area contributed by atoms with Gasteiger partial charge < -0.3 is 11.1 Å². The molecule has 0 aliphatic rings. The molecule has 7 heteroatoms. The van der Waals surface area contributed by atoms with E-state index < -0.39 is 9.84 Å². The molecule has 1 amide bonds. The van der Waals surface area contributed by atoms with Gasteiger partial charge in [-0.2, -0.15) is 11.8 Å². The Morgan fingerprint density at radius 2 is 2.17 bits per heavy atom. The van der Waals surface area contributed by atoms with Crippen LogP contribution in [-0.4, -0.2) is 37.8 Å². The first kappa shape index (κ1) is 14.8. The lowest BCUT2D eigenvalue weighted by molar-refractivity contribution is -0.113. The Hall–Kier alpha value is -1.21. The lowest BCUT2D eigenvalue weighted by Crippen LogP contribution is -2.15. The highest BCUT2D eigenvalue weighted by Crippen LogP contribution is 2.12. The standard InChI is InChI=1S/C11H16N2O3S2/c1-18(15,16)6-5-17-8-11(14)13-10-4-2-3-9(12)7-10/h2-4,7H,5-6,8,12H2,1H3,(H,13,14). The molecule has 1 rings (SSSR count). The zero-order valence-corrected chi connectivity index (χ0v) is 11.7. The summed E-state index contributed by atoms with van der Waals surface area (Å²) >= 11 is 1.29. The van der Waals surface area contributed by atoms with E-state index in [1.165, 1.54) is 18.0 Å². The number of anilines is 2. The van der Waals surface area contributed by atoms with E-state index in [1.807, 2.05) is 0 Å². The van der Waals surface area contributed by atoms with Crippen molar-refractivity contribution in [2.45, 2.75) is 0 Å². The molecule has 0 aliphatic heterocycles. The molecule has 5 nitrogen and oxygen atoms in total. The summed E-state index contributed by atoms with van der Waals surface area (Å²) in [4.78, 5) is 11.5. The fraction of sp³-hybridized carbons (Fsp3) is 0.364. The van der Waals surface area contributed by atoms with Gasteiger partial charge in [-0.05, 0) is 18.2 Å². The number of hydrogen-bond donors (Lipinski definition) is 2. The van der Waals surface area contributed by atoms with Gasteiger partial charge >= 0.3 is 0 Å². The van der Waals surface area contributed by atoms with E-state index in [0.29, 0.717) is 17.1 Å². The Morgan fingerprint density at radius 3 is 2.78 bits per heavy atom. The fourth-order valence-electron chi connectivity index (χ4n) is 1.19. The Labute approximate surface area is 111 Å². The smallest absolute Gasteiger partial charge is 0.234 e. The Kier molecular flexibility index (Phi) is 5.49. The number of thioether (sulfide) groups is 1. The van der Waals surface area contributed by atoms with Crippen LogP contribution in [0.25, 0.3) is 0 Å². The predicted octanol–water partition coefficient (Wildman–Crippen LogP) is 0.985. The third kappa shape index (κ3) is 6.51. The van der Waals surface area contributed by atoms with Gasteiger partial charge in [0.15, 0.2) is 0 Å². The number of nitrogen functional groups attached to an aromatic ring is 1. The van der Waals surface area contributed by atoms with Crippen molar-refractivity contribution in [2.24, 2.45) is 0 Å². The lowest BCUT2D eigenvalue weighted by atomic mass is 10.3. The average Bonchev–Trinajstić information content (AvgIpc) is 2.23. The van der Waals surface area contributed by atoms with Crippen molar-refractivity contribution in [1.82, 2.24) is 0 Å². The van der Waals surface area contributed by atoms with Crippen LogP contribution in [0.5, 0.6) is 0 Å². The van der Waals surface area contributed by atoms with Crippen LogP contribution in [-0.2, 0) is 14.6 Å². The van der Waals surface area contributed by atoms with E-state index in [1.54, 1.807) is 24.3 Å². The molecule has 0 unspecified atom stereocenters. The van der Waals surface area contributed by atoms with Crippen LogP contribution in [0.4, 0.5) is 11.4 Å². The van der Waals surface area contributed by atoms with Gasteiger partial charge in [0.25, 0.3) is 0 Å². The lowest BCUT2D eigenvalue weighted by Gasteiger charge is -2.05. The van der Waals surface area contributed by atoms with Crippen molar-refractivity contribution in [3.8, 4) is 0 Å². The van der Waals surface area contributed by atoms with Crippen LogP contribution in [0, 0.1) is 0 Å². The van der Waals surface area contributed by atoms with Crippen molar-refractivity contribution in [3.63, 3.8) is 0 Å². The molecule has 0 saturated carbocycles. The molecule has 18 heavy (non-hydrogen) atoms. The van der Waals surface area contributed by atoms with Gasteiger partial charge in [0.05, 0.1) is 11.5 Å². The number of amides is 1. The number of nitrogens with two attached hydrogens (primary N) is 1. The predicted molar refractivity (Wildman–Crippen MR) is 76.5 cm³/mol. The maximum atomic E-state index is 11.5. The number of benzene rings is 1. The van der Waals surface area contributed by atoms with E-state index in [-0.39, 0.29) is 17.4 Å². The van der Waals surface area contributed by atoms with Crippen molar-refractivity contribution < 1.29 is 13.2 Å². The summed E-state index contributed by atoms with van der Waals surface area (Å²) in [6.45, 7) is 0. The average molecular weight is 288 g/mol. The molecule has 0 spiro atoms. The molecular weight excluding hydrogens is 272 g/mol. The zero-order valence-electron chi connectivity index (χ0n) is 10.0.